The topological polar surface area (TPSA) is 55.6 Å². The van der Waals surface area contributed by atoms with E-state index in [9.17, 15) is 4.79 Å². The fraction of sp³-hybridized carbons (Fsp3) is 0.0526. The van der Waals surface area contributed by atoms with Crippen LogP contribution in [0.15, 0.2) is 72.0 Å². The van der Waals surface area contributed by atoms with Crippen molar-refractivity contribution in [2.45, 2.75) is 0 Å². The van der Waals surface area contributed by atoms with Crippen LogP contribution in [-0.4, -0.2) is 23.3 Å². The third-order valence-electron chi connectivity index (χ3n) is 3.45. The van der Waals surface area contributed by atoms with Gasteiger partial charge in [-0.3, -0.25) is 4.79 Å². The number of carbonyl (C=O) groups is 1. The Morgan fingerprint density at radius 2 is 1.92 bits per heavy atom. The van der Waals surface area contributed by atoms with E-state index in [2.05, 4.69) is 10.5 Å². The van der Waals surface area contributed by atoms with E-state index < -0.39 is 5.91 Å². The fourth-order valence-corrected chi connectivity index (χ4v) is 2.72. The highest BCUT2D eigenvalue weighted by Gasteiger charge is 2.06. The van der Waals surface area contributed by atoms with E-state index >= 15 is 0 Å². The molecule has 0 fully saturated rings. The molecule has 3 aromatic rings. The van der Waals surface area contributed by atoms with Gasteiger partial charge < -0.3 is 9.30 Å². The Morgan fingerprint density at radius 3 is 2.69 bits per heavy atom. The molecule has 0 saturated carbocycles. The van der Waals surface area contributed by atoms with E-state index in [1.165, 1.54) is 0 Å². The third kappa shape index (κ3) is 4.65. The second kappa shape index (κ2) is 8.56. The van der Waals surface area contributed by atoms with Crippen molar-refractivity contribution >= 4 is 35.3 Å². The predicted molar refractivity (Wildman–Crippen MR) is 103 cm³/mol. The quantitative estimate of drug-likeness (QED) is 0.505. The lowest BCUT2D eigenvalue weighted by Gasteiger charge is -2.07. The number of aromatic nitrogens is 1. The molecule has 0 saturated heterocycles. The lowest BCUT2D eigenvalue weighted by Crippen LogP contribution is -2.24. The van der Waals surface area contributed by atoms with Crippen molar-refractivity contribution in [3.8, 4) is 11.4 Å². The maximum Gasteiger partial charge on any atom is 0.277 e. The van der Waals surface area contributed by atoms with E-state index in [1.807, 2.05) is 53.2 Å². The minimum Gasteiger partial charge on any atom is -0.482 e. The van der Waals surface area contributed by atoms with E-state index in [-0.39, 0.29) is 6.61 Å². The molecule has 0 bridgehead atoms. The Hall–Kier alpha value is -2.76. The number of hydrazone groups is 1. The molecule has 1 heterocycles. The van der Waals surface area contributed by atoms with Crippen LogP contribution in [0.5, 0.6) is 5.75 Å². The predicted octanol–water partition coefficient (Wildman–Crippen LogP) is 4.31. The van der Waals surface area contributed by atoms with Crippen LogP contribution in [0.2, 0.25) is 10.0 Å². The highest BCUT2D eigenvalue weighted by Crippen LogP contribution is 2.27. The normalized spacial score (nSPS) is 10.8. The molecule has 1 N–H and O–H groups in total. The highest BCUT2D eigenvalue weighted by molar-refractivity contribution is 6.35. The van der Waals surface area contributed by atoms with Crippen LogP contribution in [0.25, 0.3) is 5.69 Å². The maximum absolute atomic E-state index is 11.9. The summed E-state index contributed by atoms with van der Waals surface area (Å²) in [6, 6.07) is 18.4. The molecule has 1 aromatic heterocycles. The number of rotatable bonds is 6. The van der Waals surface area contributed by atoms with Crippen LogP contribution < -0.4 is 10.2 Å². The van der Waals surface area contributed by atoms with Gasteiger partial charge in [-0.15, -0.1) is 0 Å². The summed E-state index contributed by atoms with van der Waals surface area (Å²) in [4.78, 5) is 11.9. The molecule has 1 amide bonds. The molecule has 2 aromatic carbocycles. The largest absolute Gasteiger partial charge is 0.482 e. The second-order valence-electron chi connectivity index (χ2n) is 5.30. The van der Waals surface area contributed by atoms with Crippen molar-refractivity contribution in [3.05, 3.63) is 82.6 Å². The number of nitrogens with one attached hydrogen (secondary N) is 1. The zero-order chi connectivity index (χ0) is 18.4. The van der Waals surface area contributed by atoms with Crippen molar-refractivity contribution in [2.75, 3.05) is 6.61 Å². The van der Waals surface area contributed by atoms with Gasteiger partial charge in [0.2, 0.25) is 0 Å². The van der Waals surface area contributed by atoms with Crippen LogP contribution in [0.3, 0.4) is 0 Å². The number of nitrogens with zero attached hydrogens (tertiary/aromatic N) is 2. The SMILES string of the molecule is O=C(COc1ccc(Cl)cc1Cl)N/N=C/c1cccn1-c1ccccc1. The number of halogens is 2. The summed E-state index contributed by atoms with van der Waals surface area (Å²) in [6.07, 6.45) is 3.49. The van der Waals surface area contributed by atoms with Crippen LogP contribution in [0.4, 0.5) is 0 Å². The first-order chi connectivity index (χ1) is 12.6. The van der Waals surface area contributed by atoms with E-state index in [1.54, 1.807) is 24.4 Å². The molecule has 3 rings (SSSR count). The molecule has 0 aliphatic heterocycles. The van der Waals surface area contributed by atoms with E-state index in [0.29, 0.717) is 15.8 Å². The standard InChI is InChI=1S/C19H15Cl2N3O2/c20-14-8-9-18(17(21)11-14)26-13-19(25)23-22-12-16-7-4-10-24(16)15-5-2-1-3-6-15/h1-12H,13H2,(H,23,25)/b22-12+. The van der Waals surface area contributed by atoms with Crippen molar-refractivity contribution in [1.82, 2.24) is 9.99 Å². The molecular formula is C19H15Cl2N3O2. The molecule has 5 nitrogen and oxygen atoms in total. The summed E-state index contributed by atoms with van der Waals surface area (Å²) in [5.41, 5.74) is 4.26. The van der Waals surface area contributed by atoms with Crippen molar-refractivity contribution in [1.29, 1.82) is 0 Å². The zero-order valence-electron chi connectivity index (χ0n) is 13.6. The summed E-state index contributed by atoms with van der Waals surface area (Å²) < 4.78 is 7.31. The fourth-order valence-electron chi connectivity index (χ4n) is 2.26. The molecular weight excluding hydrogens is 373 g/mol. The first-order valence-corrected chi connectivity index (χ1v) is 8.51. The van der Waals surface area contributed by atoms with Gasteiger partial charge in [0.15, 0.2) is 6.61 Å². The third-order valence-corrected chi connectivity index (χ3v) is 3.98. The smallest absolute Gasteiger partial charge is 0.277 e. The lowest BCUT2D eigenvalue weighted by atomic mass is 10.3. The summed E-state index contributed by atoms with van der Waals surface area (Å²) in [5, 5.41) is 4.81. The van der Waals surface area contributed by atoms with Gasteiger partial charge >= 0.3 is 0 Å². The van der Waals surface area contributed by atoms with Gasteiger partial charge in [0, 0.05) is 16.9 Å². The average Bonchev–Trinajstić information content (AvgIpc) is 3.10. The number of hydrogen-bond acceptors (Lipinski definition) is 3. The molecule has 0 atom stereocenters. The molecule has 0 radical (unpaired) electrons. The Balaban J connectivity index is 1.56. The van der Waals surface area contributed by atoms with Crippen molar-refractivity contribution in [2.24, 2.45) is 5.10 Å². The van der Waals surface area contributed by atoms with E-state index in [4.69, 9.17) is 27.9 Å². The summed E-state index contributed by atoms with van der Waals surface area (Å²) in [7, 11) is 0. The Labute approximate surface area is 160 Å². The van der Waals surface area contributed by atoms with E-state index in [0.717, 1.165) is 11.4 Å². The maximum atomic E-state index is 11.9. The van der Waals surface area contributed by atoms with Crippen LogP contribution in [0, 0.1) is 0 Å². The highest BCUT2D eigenvalue weighted by atomic mass is 35.5. The van der Waals surface area contributed by atoms with Crippen LogP contribution >= 0.6 is 23.2 Å². The molecule has 0 aliphatic carbocycles. The number of carbonyl (C=O) groups excluding carboxylic acids is 1. The number of ether oxygens (including phenoxy) is 1. The zero-order valence-corrected chi connectivity index (χ0v) is 15.1. The number of hydrogen-bond donors (Lipinski definition) is 1. The Morgan fingerprint density at radius 1 is 1.12 bits per heavy atom. The first kappa shape index (κ1) is 18.0. The second-order valence-corrected chi connectivity index (χ2v) is 6.14. The van der Waals surface area contributed by atoms with Gasteiger partial charge in [-0.1, -0.05) is 41.4 Å². The minimum absolute atomic E-state index is 0.210. The summed E-state index contributed by atoms with van der Waals surface area (Å²) in [5.74, 6) is -0.0155. The Bertz CT molecular complexity index is 924. The number of amides is 1. The number of para-hydroxylation sites is 1. The summed E-state index contributed by atoms with van der Waals surface area (Å²) >= 11 is 11.8. The lowest BCUT2D eigenvalue weighted by molar-refractivity contribution is -0.123. The first-order valence-electron chi connectivity index (χ1n) is 7.76. The Kier molecular flexibility index (Phi) is 5.94. The molecule has 0 unspecified atom stereocenters. The molecule has 7 heteroatoms. The van der Waals surface area contributed by atoms with Crippen LogP contribution in [-0.2, 0) is 4.79 Å². The van der Waals surface area contributed by atoms with Gasteiger partial charge in [0.25, 0.3) is 5.91 Å². The molecule has 26 heavy (non-hydrogen) atoms. The van der Waals surface area contributed by atoms with Crippen molar-refractivity contribution < 1.29 is 9.53 Å². The van der Waals surface area contributed by atoms with Gasteiger partial charge in [-0.05, 0) is 42.5 Å². The number of benzene rings is 2. The molecule has 0 aliphatic rings. The van der Waals surface area contributed by atoms with Gasteiger partial charge in [0.1, 0.15) is 5.75 Å². The summed E-state index contributed by atoms with van der Waals surface area (Å²) in [6.45, 7) is -0.210. The minimum atomic E-state index is -0.398. The average molecular weight is 388 g/mol. The monoisotopic (exact) mass is 387 g/mol. The van der Waals surface area contributed by atoms with Gasteiger partial charge in [-0.2, -0.15) is 5.10 Å². The molecule has 132 valence electrons. The van der Waals surface area contributed by atoms with Crippen LogP contribution in [0.1, 0.15) is 5.69 Å². The van der Waals surface area contributed by atoms with Gasteiger partial charge in [-0.25, -0.2) is 5.43 Å². The van der Waals surface area contributed by atoms with Gasteiger partial charge in [0.05, 0.1) is 16.9 Å². The van der Waals surface area contributed by atoms with Crippen molar-refractivity contribution in [3.63, 3.8) is 0 Å². The molecule has 0 spiro atoms.